The molecule has 3 N–H and O–H groups in total. The number of aliphatic hydroxyl groups excluding tert-OH is 2. The topological polar surface area (TPSA) is 70.3 Å². The van der Waals surface area contributed by atoms with E-state index in [1.165, 1.54) is 0 Å². The lowest BCUT2D eigenvalue weighted by Crippen LogP contribution is -2.37. The Labute approximate surface area is 112 Å². The highest BCUT2D eigenvalue weighted by Gasteiger charge is 2.13. The Morgan fingerprint density at radius 2 is 1.89 bits per heavy atom. The van der Waals surface area contributed by atoms with Crippen molar-refractivity contribution in [3.8, 4) is 5.69 Å². The number of nitrogens with zero attached hydrogens (tertiary/aromatic N) is 2. The molecule has 0 amide bonds. The first-order valence-corrected chi connectivity index (χ1v) is 6.32. The van der Waals surface area contributed by atoms with Crippen LogP contribution in [-0.2, 0) is 0 Å². The number of para-hydroxylation sites is 1. The molecule has 1 aromatic carbocycles. The van der Waals surface area contributed by atoms with Gasteiger partial charge in [-0.05, 0) is 19.1 Å². The van der Waals surface area contributed by atoms with Gasteiger partial charge in [0, 0.05) is 17.8 Å². The fraction of sp³-hybridized carbons (Fsp3) is 0.357. The van der Waals surface area contributed by atoms with E-state index in [4.69, 9.17) is 10.2 Å². The fourth-order valence-corrected chi connectivity index (χ4v) is 1.90. The third kappa shape index (κ3) is 3.41. The van der Waals surface area contributed by atoms with E-state index in [9.17, 15) is 0 Å². The second-order valence-corrected chi connectivity index (χ2v) is 4.50. The number of aliphatic hydroxyl groups is 2. The molecule has 0 spiro atoms. The smallest absolute Gasteiger partial charge is 0.0645 e. The number of benzene rings is 1. The molecule has 2 aromatic rings. The van der Waals surface area contributed by atoms with Crippen LogP contribution < -0.4 is 5.32 Å². The van der Waals surface area contributed by atoms with Crippen LogP contribution >= 0.6 is 0 Å². The van der Waals surface area contributed by atoms with E-state index in [-0.39, 0.29) is 25.3 Å². The molecular weight excluding hydrogens is 242 g/mol. The second kappa shape index (κ2) is 6.47. The van der Waals surface area contributed by atoms with Crippen molar-refractivity contribution in [2.75, 3.05) is 13.2 Å². The van der Waals surface area contributed by atoms with Gasteiger partial charge in [-0.2, -0.15) is 5.10 Å². The van der Waals surface area contributed by atoms with E-state index in [1.54, 1.807) is 10.9 Å². The van der Waals surface area contributed by atoms with Crippen LogP contribution in [0.4, 0.5) is 0 Å². The van der Waals surface area contributed by atoms with Crippen LogP contribution in [0.25, 0.3) is 5.69 Å². The molecule has 19 heavy (non-hydrogen) atoms. The van der Waals surface area contributed by atoms with Gasteiger partial charge >= 0.3 is 0 Å². The second-order valence-electron chi connectivity index (χ2n) is 4.50. The van der Waals surface area contributed by atoms with Crippen molar-refractivity contribution in [1.29, 1.82) is 0 Å². The average molecular weight is 261 g/mol. The van der Waals surface area contributed by atoms with Gasteiger partial charge in [-0.3, -0.25) is 0 Å². The number of nitrogens with one attached hydrogen (secondary N) is 1. The van der Waals surface area contributed by atoms with Gasteiger partial charge in [0.2, 0.25) is 0 Å². The number of hydrogen-bond donors (Lipinski definition) is 3. The van der Waals surface area contributed by atoms with Crippen molar-refractivity contribution >= 4 is 0 Å². The molecule has 0 aliphatic carbocycles. The maximum atomic E-state index is 9.06. The third-order valence-electron chi connectivity index (χ3n) is 3.05. The van der Waals surface area contributed by atoms with Gasteiger partial charge in [-0.15, -0.1) is 0 Å². The van der Waals surface area contributed by atoms with Crippen molar-refractivity contribution in [3.63, 3.8) is 0 Å². The van der Waals surface area contributed by atoms with Crippen LogP contribution in [0.2, 0.25) is 0 Å². The molecule has 2 rings (SSSR count). The molecule has 1 heterocycles. The Bertz CT molecular complexity index is 494. The predicted octanol–water partition coefficient (Wildman–Crippen LogP) is 0.876. The minimum Gasteiger partial charge on any atom is -0.395 e. The van der Waals surface area contributed by atoms with Crippen LogP contribution in [0.5, 0.6) is 0 Å². The lowest BCUT2D eigenvalue weighted by Gasteiger charge is -2.18. The lowest BCUT2D eigenvalue weighted by atomic mass is 10.1. The molecule has 1 aromatic heterocycles. The van der Waals surface area contributed by atoms with E-state index >= 15 is 0 Å². The molecule has 1 unspecified atom stereocenters. The molecule has 0 radical (unpaired) electrons. The van der Waals surface area contributed by atoms with Crippen molar-refractivity contribution in [2.45, 2.75) is 19.0 Å². The van der Waals surface area contributed by atoms with E-state index in [1.807, 2.05) is 43.5 Å². The summed E-state index contributed by atoms with van der Waals surface area (Å²) in [5.41, 5.74) is 2.01. The monoisotopic (exact) mass is 261 g/mol. The maximum absolute atomic E-state index is 9.06. The molecular formula is C14H19N3O2. The van der Waals surface area contributed by atoms with E-state index in [0.717, 1.165) is 11.3 Å². The van der Waals surface area contributed by atoms with Gasteiger partial charge in [0.05, 0.1) is 31.1 Å². The molecule has 0 bridgehead atoms. The first-order valence-electron chi connectivity index (χ1n) is 6.32. The van der Waals surface area contributed by atoms with E-state index < -0.39 is 0 Å². The Kier molecular flexibility index (Phi) is 4.68. The maximum Gasteiger partial charge on any atom is 0.0645 e. The standard InChI is InChI=1S/C14H19N3O2/c1-11(16-13(9-18)10-19)12-7-15-17(8-12)14-5-3-2-4-6-14/h2-8,11,13,16,18-19H,9-10H2,1H3. The zero-order chi connectivity index (χ0) is 13.7. The van der Waals surface area contributed by atoms with E-state index in [2.05, 4.69) is 10.4 Å². The van der Waals surface area contributed by atoms with Gasteiger partial charge < -0.3 is 15.5 Å². The summed E-state index contributed by atoms with van der Waals surface area (Å²) in [6.45, 7) is 1.80. The summed E-state index contributed by atoms with van der Waals surface area (Å²) in [7, 11) is 0. The van der Waals surface area contributed by atoms with Gasteiger partial charge in [-0.1, -0.05) is 18.2 Å². The molecule has 102 valence electrons. The summed E-state index contributed by atoms with van der Waals surface area (Å²) >= 11 is 0. The zero-order valence-electron chi connectivity index (χ0n) is 10.9. The van der Waals surface area contributed by atoms with Crippen LogP contribution in [0, 0.1) is 0 Å². The molecule has 0 aliphatic rings. The molecule has 0 fully saturated rings. The quantitative estimate of drug-likeness (QED) is 0.722. The van der Waals surface area contributed by atoms with Gasteiger partial charge in [0.15, 0.2) is 0 Å². The summed E-state index contributed by atoms with van der Waals surface area (Å²) in [6, 6.07) is 9.57. The highest BCUT2D eigenvalue weighted by molar-refractivity contribution is 5.31. The van der Waals surface area contributed by atoms with Crippen LogP contribution in [0.3, 0.4) is 0 Å². The summed E-state index contributed by atoms with van der Waals surface area (Å²) in [4.78, 5) is 0. The minimum absolute atomic E-state index is 0.0155. The molecule has 5 heteroatoms. The summed E-state index contributed by atoms with van der Waals surface area (Å²) in [5, 5.41) is 25.6. The largest absolute Gasteiger partial charge is 0.395 e. The summed E-state index contributed by atoms with van der Waals surface area (Å²) in [6.07, 6.45) is 3.73. The first kappa shape index (κ1) is 13.7. The van der Waals surface area contributed by atoms with Crippen molar-refractivity contribution in [1.82, 2.24) is 15.1 Å². The van der Waals surface area contributed by atoms with Crippen molar-refractivity contribution in [3.05, 3.63) is 48.3 Å². The van der Waals surface area contributed by atoms with Crippen molar-refractivity contribution < 1.29 is 10.2 Å². The van der Waals surface area contributed by atoms with Gasteiger partial charge in [0.25, 0.3) is 0 Å². The van der Waals surface area contributed by atoms with Gasteiger partial charge in [0.1, 0.15) is 0 Å². The molecule has 5 nitrogen and oxygen atoms in total. The van der Waals surface area contributed by atoms with Gasteiger partial charge in [-0.25, -0.2) is 4.68 Å². The Morgan fingerprint density at radius 3 is 2.53 bits per heavy atom. The highest BCUT2D eigenvalue weighted by Crippen LogP contribution is 2.14. The molecule has 0 saturated carbocycles. The Hall–Kier alpha value is -1.69. The molecule has 0 saturated heterocycles. The normalized spacial score (nSPS) is 12.8. The average Bonchev–Trinajstić information content (AvgIpc) is 2.95. The first-order chi connectivity index (χ1) is 9.24. The fourth-order valence-electron chi connectivity index (χ4n) is 1.90. The molecule has 0 aliphatic heterocycles. The van der Waals surface area contributed by atoms with Crippen LogP contribution in [0.1, 0.15) is 18.5 Å². The summed E-state index contributed by atoms with van der Waals surface area (Å²) in [5.74, 6) is 0. The Morgan fingerprint density at radius 1 is 1.21 bits per heavy atom. The SMILES string of the molecule is CC(NC(CO)CO)c1cnn(-c2ccccc2)c1. The number of aromatic nitrogens is 2. The highest BCUT2D eigenvalue weighted by atomic mass is 16.3. The van der Waals surface area contributed by atoms with Crippen LogP contribution in [0.15, 0.2) is 42.7 Å². The summed E-state index contributed by atoms with van der Waals surface area (Å²) < 4.78 is 1.81. The van der Waals surface area contributed by atoms with Crippen molar-refractivity contribution in [2.24, 2.45) is 0 Å². The zero-order valence-corrected chi connectivity index (χ0v) is 10.9. The van der Waals surface area contributed by atoms with Crippen LogP contribution in [-0.4, -0.2) is 39.2 Å². The third-order valence-corrected chi connectivity index (χ3v) is 3.05. The Balaban J connectivity index is 2.08. The number of rotatable bonds is 6. The number of hydrogen-bond acceptors (Lipinski definition) is 4. The van der Waals surface area contributed by atoms with E-state index in [0.29, 0.717) is 0 Å². The minimum atomic E-state index is -0.310. The predicted molar refractivity (Wildman–Crippen MR) is 73.1 cm³/mol. The lowest BCUT2D eigenvalue weighted by molar-refractivity contribution is 0.163. The molecule has 1 atom stereocenters.